The van der Waals surface area contributed by atoms with Crippen LogP contribution >= 0.6 is 0 Å². The van der Waals surface area contributed by atoms with Crippen LogP contribution in [0.3, 0.4) is 0 Å². The molecule has 0 radical (unpaired) electrons. The predicted octanol–water partition coefficient (Wildman–Crippen LogP) is 12.0. The lowest BCUT2D eigenvalue weighted by Gasteiger charge is -2.22. The summed E-state index contributed by atoms with van der Waals surface area (Å²) in [6.07, 6.45) is 16.9. The van der Waals surface area contributed by atoms with E-state index < -0.39 is 0 Å². The van der Waals surface area contributed by atoms with Gasteiger partial charge in [-0.25, -0.2) is 9.13 Å². The summed E-state index contributed by atoms with van der Waals surface area (Å²) in [5.41, 5.74) is 15.9. The van der Waals surface area contributed by atoms with E-state index in [2.05, 4.69) is 171 Å². The van der Waals surface area contributed by atoms with Crippen molar-refractivity contribution in [3.8, 4) is 44.8 Å². The van der Waals surface area contributed by atoms with E-state index in [9.17, 15) is 0 Å². The van der Waals surface area contributed by atoms with E-state index >= 15 is 0 Å². The molecule has 0 bridgehead atoms. The van der Waals surface area contributed by atoms with Crippen molar-refractivity contribution in [2.75, 3.05) is 0 Å². The summed E-state index contributed by atoms with van der Waals surface area (Å²) in [5, 5.41) is 0. The second kappa shape index (κ2) is 16.0. The zero-order chi connectivity index (χ0) is 35.2. The van der Waals surface area contributed by atoms with Gasteiger partial charge in [-0.3, -0.25) is 0 Å². The molecular formula is C49H54N2+2. The third-order valence-electron chi connectivity index (χ3n) is 11.5. The summed E-state index contributed by atoms with van der Waals surface area (Å²) in [4.78, 5) is 0. The number of hydrogen-bond acceptors (Lipinski definition) is 0. The summed E-state index contributed by atoms with van der Waals surface area (Å²) in [6, 6.07) is 44.7. The molecule has 2 saturated carbocycles. The minimum Gasteiger partial charge on any atom is -0.200 e. The molecule has 2 aliphatic carbocycles. The fourth-order valence-electron chi connectivity index (χ4n) is 8.43. The second-order valence-corrected chi connectivity index (χ2v) is 15.0. The first-order valence-corrected chi connectivity index (χ1v) is 19.3. The van der Waals surface area contributed by atoms with Gasteiger partial charge >= 0.3 is 0 Å². The van der Waals surface area contributed by atoms with Gasteiger partial charge in [0.2, 0.25) is 11.4 Å². The first-order valence-electron chi connectivity index (χ1n) is 19.3. The molecule has 0 spiro atoms. The Balaban J connectivity index is 0.000000159. The summed E-state index contributed by atoms with van der Waals surface area (Å²) in [5.74, 6) is 1.56. The third-order valence-corrected chi connectivity index (χ3v) is 11.5. The molecular weight excluding hydrogens is 617 g/mol. The predicted molar refractivity (Wildman–Crippen MR) is 213 cm³/mol. The van der Waals surface area contributed by atoms with Crippen molar-refractivity contribution in [3.63, 3.8) is 0 Å². The SMILES string of the molecule is Cc1ccccc1-c1ccc(-c2ccc(C3CCCC3)cc2)c[n+]1C.Cc1ccccc1-c1ccc(-c2ccc(C3CCCCC3)cc2)c[n+]1C. The maximum absolute atomic E-state index is 2.35. The number of benzene rings is 4. The van der Waals surface area contributed by atoms with Crippen molar-refractivity contribution in [1.82, 2.24) is 0 Å². The first kappa shape index (κ1) is 34.6. The van der Waals surface area contributed by atoms with Crippen LogP contribution < -0.4 is 9.13 Å². The van der Waals surface area contributed by atoms with Gasteiger partial charge < -0.3 is 0 Å². The normalized spacial score (nSPS) is 15.0. The lowest BCUT2D eigenvalue weighted by atomic mass is 9.84. The van der Waals surface area contributed by atoms with Gasteiger partial charge in [-0.1, -0.05) is 117 Å². The number of pyridine rings is 2. The molecule has 51 heavy (non-hydrogen) atoms. The number of nitrogens with zero attached hydrogens (tertiary/aromatic N) is 2. The van der Waals surface area contributed by atoms with E-state index in [1.165, 1.54) is 125 Å². The maximum Gasteiger partial charge on any atom is 0.212 e. The van der Waals surface area contributed by atoms with Crippen LogP contribution in [-0.4, -0.2) is 0 Å². The minimum absolute atomic E-state index is 0.775. The fraction of sp³-hybridized carbons (Fsp3) is 0.306. The van der Waals surface area contributed by atoms with Gasteiger partial charge in [-0.2, -0.15) is 0 Å². The van der Waals surface area contributed by atoms with E-state index in [0.717, 1.165) is 11.8 Å². The van der Waals surface area contributed by atoms with Crippen LogP contribution in [-0.2, 0) is 14.1 Å². The van der Waals surface area contributed by atoms with Gasteiger partial charge in [0.25, 0.3) is 0 Å². The van der Waals surface area contributed by atoms with Crippen LogP contribution in [0.4, 0.5) is 0 Å². The highest BCUT2D eigenvalue weighted by Gasteiger charge is 2.19. The number of aromatic nitrogens is 2. The molecule has 2 aromatic heterocycles. The van der Waals surface area contributed by atoms with Crippen molar-refractivity contribution in [1.29, 1.82) is 0 Å². The molecule has 2 heteroatoms. The van der Waals surface area contributed by atoms with E-state index in [4.69, 9.17) is 0 Å². The second-order valence-electron chi connectivity index (χ2n) is 15.0. The quantitative estimate of drug-likeness (QED) is 0.156. The molecule has 0 aliphatic heterocycles. The summed E-state index contributed by atoms with van der Waals surface area (Å²) in [7, 11) is 4.28. The molecule has 0 unspecified atom stereocenters. The number of rotatable bonds is 6. The average molecular weight is 671 g/mol. The highest BCUT2D eigenvalue weighted by atomic mass is 14.9. The van der Waals surface area contributed by atoms with E-state index in [1.807, 2.05) is 0 Å². The van der Waals surface area contributed by atoms with E-state index in [-0.39, 0.29) is 0 Å². The standard InChI is InChI=1S/C25H28N.C24H26N/c1-19-8-6-7-11-24(19)25-17-16-23(18-26(25)2)22-14-12-21(13-15-22)20-9-4-3-5-10-20;1-18-7-3-6-10-23(18)24-16-15-22(17-25(24)2)21-13-11-20(12-14-21)19-8-4-5-9-19/h6-8,11-18,20H,3-5,9-10H2,1-2H3;3,6-7,10-17,19H,4-5,8-9H2,1-2H3/q2*+1. The Labute approximate surface area is 306 Å². The van der Waals surface area contributed by atoms with Crippen molar-refractivity contribution < 1.29 is 9.13 Å². The zero-order valence-electron chi connectivity index (χ0n) is 31.1. The lowest BCUT2D eigenvalue weighted by Crippen LogP contribution is -2.30. The fourth-order valence-corrected chi connectivity index (χ4v) is 8.43. The molecule has 2 nitrogen and oxygen atoms in total. The van der Waals surface area contributed by atoms with Gasteiger partial charge in [0.15, 0.2) is 12.4 Å². The van der Waals surface area contributed by atoms with Crippen LogP contribution in [0.1, 0.15) is 91.9 Å². The smallest absolute Gasteiger partial charge is 0.200 e. The molecule has 0 atom stereocenters. The largest absolute Gasteiger partial charge is 0.212 e. The van der Waals surface area contributed by atoms with Gasteiger partial charge in [0.1, 0.15) is 14.1 Å². The average Bonchev–Trinajstić information content (AvgIpc) is 3.72. The molecule has 2 heterocycles. The van der Waals surface area contributed by atoms with Crippen LogP contribution in [0, 0.1) is 13.8 Å². The third kappa shape index (κ3) is 8.07. The van der Waals surface area contributed by atoms with Crippen LogP contribution in [0.2, 0.25) is 0 Å². The van der Waals surface area contributed by atoms with Gasteiger partial charge in [-0.05, 0) is 109 Å². The lowest BCUT2D eigenvalue weighted by molar-refractivity contribution is -0.660. The molecule has 6 aromatic rings. The van der Waals surface area contributed by atoms with Crippen LogP contribution in [0.25, 0.3) is 44.8 Å². The first-order chi connectivity index (χ1) is 24.9. The number of hydrogen-bond donors (Lipinski definition) is 0. The van der Waals surface area contributed by atoms with Crippen LogP contribution in [0.5, 0.6) is 0 Å². The molecule has 0 saturated heterocycles. The Bertz CT molecular complexity index is 2060. The summed E-state index contributed by atoms with van der Waals surface area (Å²) in [6.45, 7) is 4.35. The Morgan fingerprint density at radius 2 is 0.745 bits per heavy atom. The monoisotopic (exact) mass is 670 g/mol. The molecule has 8 rings (SSSR count). The van der Waals surface area contributed by atoms with Crippen molar-refractivity contribution in [2.24, 2.45) is 14.1 Å². The summed E-state index contributed by atoms with van der Waals surface area (Å²) >= 11 is 0. The van der Waals surface area contributed by atoms with Gasteiger partial charge in [0.05, 0.1) is 0 Å². The zero-order valence-corrected chi connectivity index (χ0v) is 31.1. The van der Waals surface area contributed by atoms with Gasteiger partial charge in [-0.15, -0.1) is 0 Å². The van der Waals surface area contributed by atoms with Crippen molar-refractivity contribution in [2.45, 2.75) is 83.5 Å². The molecule has 4 aromatic carbocycles. The minimum atomic E-state index is 0.775. The molecule has 258 valence electrons. The molecule has 2 aliphatic rings. The van der Waals surface area contributed by atoms with Crippen molar-refractivity contribution in [3.05, 3.63) is 156 Å². The van der Waals surface area contributed by atoms with Crippen molar-refractivity contribution >= 4 is 0 Å². The van der Waals surface area contributed by atoms with E-state index in [1.54, 1.807) is 0 Å². The highest BCUT2D eigenvalue weighted by Crippen LogP contribution is 2.36. The molecule has 2 fully saturated rings. The Morgan fingerprint density at radius 3 is 1.12 bits per heavy atom. The molecule has 0 N–H and O–H groups in total. The van der Waals surface area contributed by atoms with Crippen LogP contribution in [0.15, 0.2) is 134 Å². The Morgan fingerprint density at radius 1 is 0.392 bits per heavy atom. The van der Waals surface area contributed by atoms with Gasteiger partial charge in [0, 0.05) is 34.4 Å². The van der Waals surface area contributed by atoms with E-state index in [0.29, 0.717) is 0 Å². The molecule has 0 amide bonds. The highest BCUT2D eigenvalue weighted by molar-refractivity contribution is 5.67. The Kier molecular flexibility index (Phi) is 10.9. The topological polar surface area (TPSA) is 7.76 Å². The number of aryl methyl sites for hydroxylation is 4. The summed E-state index contributed by atoms with van der Waals surface area (Å²) < 4.78 is 4.48. The Hall–Kier alpha value is -4.82. The maximum atomic E-state index is 2.35.